The molecular formula is C15H22N2O3. The SMILES string of the molecule is CC(C)OCC(O)CN1c2ccccc2C[C@H]1C(N)=O. The van der Waals surface area contributed by atoms with Gasteiger partial charge in [-0.05, 0) is 25.5 Å². The van der Waals surface area contributed by atoms with E-state index in [1.165, 1.54) is 0 Å². The number of nitrogens with zero attached hydrogens (tertiary/aromatic N) is 1. The first-order chi connectivity index (χ1) is 9.49. The quantitative estimate of drug-likeness (QED) is 0.802. The zero-order valence-electron chi connectivity index (χ0n) is 12.0. The van der Waals surface area contributed by atoms with Crippen LogP contribution >= 0.6 is 0 Å². The van der Waals surface area contributed by atoms with Gasteiger partial charge in [-0.2, -0.15) is 0 Å². The maximum atomic E-state index is 11.6. The Bertz CT molecular complexity index is 476. The van der Waals surface area contributed by atoms with Crippen molar-refractivity contribution >= 4 is 11.6 Å². The van der Waals surface area contributed by atoms with Gasteiger partial charge >= 0.3 is 0 Å². The van der Waals surface area contributed by atoms with E-state index in [9.17, 15) is 9.90 Å². The van der Waals surface area contributed by atoms with Crippen LogP contribution in [0.5, 0.6) is 0 Å². The van der Waals surface area contributed by atoms with Crippen LogP contribution < -0.4 is 10.6 Å². The van der Waals surface area contributed by atoms with E-state index in [0.717, 1.165) is 11.3 Å². The second kappa shape index (κ2) is 6.24. The van der Waals surface area contributed by atoms with Crippen molar-refractivity contribution in [3.8, 4) is 0 Å². The van der Waals surface area contributed by atoms with E-state index < -0.39 is 6.10 Å². The van der Waals surface area contributed by atoms with Crippen molar-refractivity contribution in [1.29, 1.82) is 0 Å². The Balaban J connectivity index is 2.08. The number of ether oxygens (including phenoxy) is 1. The molecule has 0 bridgehead atoms. The fourth-order valence-electron chi connectivity index (χ4n) is 2.51. The van der Waals surface area contributed by atoms with Crippen molar-refractivity contribution in [3.05, 3.63) is 29.8 Å². The minimum absolute atomic E-state index is 0.0717. The Morgan fingerprint density at radius 3 is 2.85 bits per heavy atom. The number of β-amino-alcohol motifs (C(OH)–C–C–N with tert-alkyl or cyclic N) is 1. The summed E-state index contributed by atoms with van der Waals surface area (Å²) in [5, 5.41) is 10.1. The van der Waals surface area contributed by atoms with Crippen molar-refractivity contribution < 1.29 is 14.6 Å². The Kier molecular flexibility index (Phi) is 4.62. The van der Waals surface area contributed by atoms with Crippen LogP contribution in [-0.4, -0.2) is 42.4 Å². The predicted octanol–water partition coefficient (Wildman–Crippen LogP) is 0.689. The molecule has 0 saturated carbocycles. The molecule has 1 aliphatic heterocycles. The first-order valence-electron chi connectivity index (χ1n) is 6.92. The number of aliphatic hydroxyl groups excluding tert-OH is 1. The summed E-state index contributed by atoms with van der Waals surface area (Å²) in [6.45, 7) is 4.44. The second-order valence-electron chi connectivity index (χ2n) is 5.44. The molecule has 0 spiro atoms. The maximum Gasteiger partial charge on any atom is 0.240 e. The number of benzene rings is 1. The molecule has 20 heavy (non-hydrogen) atoms. The van der Waals surface area contributed by atoms with Gasteiger partial charge in [0.25, 0.3) is 0 Å². The van der Waals surface area contributed by atoms with Gasteiger partial charge < -0.3 is 20.5 Å². The lowest BCUT2D eigenvalue weighted by molar-refractivity contribution is -0.119. The van der Waals surface area contributed by atoms with E-state index >= 15 is 0 Å². The standard InChI is InChI=1S/C15H22N2O3/c1-10(2)20-9-12(18)8-17-13-6-4-3-5-11(13)7-14(17)15(16)19/h3-6,10,12,14,18H,7-9H2,1-2H3,(H2,16,19)/t12?,14-/m0/s1. The zero-order valence-corrected chi connectivity index (χ0v) is 12.0. The first kappa shape index (κ1) is 14.8. The minimum Gasteiger partial charge on any atom is -0.389 e. The van der Waals surface area contributed by atoms with Crippen LogP contribution in [0.1, 0.15) is 19.4 Å². The summed E-state index contributed by atoms with van der Waals surface area (Å²) in [5.41, 5.74) is 7.54. The molecule has 1 heterocycles. The van der Waals surface area contributed by atoms with Crippen molar-refractivity contribution in [3.63, 3.8) is 0 Å². The molecule has 1 amide bonds. The van der Waals surface area contributed by atoms with E-state index in [-0.39, 0.29) is 24.7 Å². The Hall–Kier alpha value is -1.59. The number of hydrogen-bond donors (Lipinski definition) is 2. The molecule has 3 N–H and O–H groups in total. The van der Waals surface area contributed by atoms with Crippen molar-refractivity contribution in [1.82, 2.24) is 0 Å². The van der Waals surface area contributed by atoms with Crippen molar-refractivity contribution in [2.45, 2.75) is 38.5 Å². The number of aliphatic hydroxyl groups is 1. The number of fused-ring (bicyclic) bond motifs is 1. The summed E-state index contributed by atoms with van der Waals surface area (Å²) >= 11 is 0. The smallest absolute Gasteiger partial charge is 0.240 e. The normalized spacial score (nSPS) is 19.2. The summed E-state index contributed by atoms with van der Waals surface area (Å²) in [4.78, 5) is 13.5. The first-order valence-corrected chi connectivity index (χ1v) is 6.92. The minimum atomic E-state index is -0.648. The van der Waals surface area contributed by atoms with Gasteiger partial charge in [-0.25, -0.2) is 0 Å². The van der Waals surface area contributed by atoms with Crippen LogP contribution in [0.3, 0.4) is 0 Å². The Labute approximate surface area is 119 Å². The average molecular weight is 278 g/mol. The number of carbonyl (C=O) groups excluding carboxylic acids is 1. The van der Waals surface area contributed by atoms with E-state index in [4.69, 9.17) is 10.5 Å². The van der Waals surface area contributed by atoms with Crippen LogP contribution in [0.4, 0.5) is 5.69 Å². The molecule has 1 aliphatic rings. The molecule has 0 radical (unpaired) electrons. The third-order valence-corrected chi connectivity index (χ3v) is 3.45. The Morgan fingerprint density at radius 2 is 2.20 bits per heavy atom. The number of primary amides is 1. The van der Waals surface area contributed by atoms with Crippen LogP contribution in [0.25, 0.3) is 0 Å². The van der Waals surface area contributed by atoms with Gasteiger partial charge in [0.05, 0.1) is 18.8 Å². The van der Waals surface area contributed by atoms with Gasteiger partial charge in [0, 0.05) is 18.7 Å². The highest BCUT2D eigenvalue weighted by Gasteiger charge is 2.33. The van der Waals surface area contributed by atoms with E-state index in [1.54, 1.807) is 0 Å². The molecule has 0 fully saturated rings. The molecule has 110 valence electrons. The van der Waals surface area contributed by atoms with Gasteiger partial charge in [-0.1, -0.05) is 18.2 Å². The molecule has 0 aliphatic carbocycles. The van der Waals surface area contributed by atoms with Crippen molar-refractivity contribution in [2.24, 2.45) is 5.73 Å². The lowest BCUT2D eigenvalue weighted by Gasteiger charge is -2.28. The third-order valence-electron chi connectivity index (χ3n) is 3.45. The second-order valence-corrected chi connectivity index (χ2v) is 5.44. The third kappa shape index (κ3) is 3.29. The molecular weight excluding hydrogens is 256 g/mol. The van der Waals surface area contributed by atoms with E-state index in [1.807, 2.05) is 43.0 Å². The number of amides is 1. The number of nitrogens with two attached hydrogens (primary N) is 1. The zero-order chi connectivity index (χ0) is 14.7. The topological polar surface area (TPSA) is 75.8 Å². The molecule has 1 aromatic carbocycles. The highest BCUT2D eigenvalue weighted by Crippen LogP contribution is 2.31. The summed E-state index contributed by atoms with van der Waals surface area (Å²) in [7, 11) is 0. The van der Waals surface area contributed by atoms with E-state index in [0.29, 0.717) is 13.0 Å². The van der Waals surface area contributed by atoms with Crippen LogP contribution in [0.2, 0.25) is 0 Å². The molecule has 1 aromatic rings. The summed E-state index contributed by atoms with van der Waals surface area (Å²) in [5.74, 6) is -0.363. The van der Waals surface area contributed by atoms with Gasteiger partial charge in [-0.3, -0.25) is 4.79 Å². The van der Waals surface area contributed by atoms with Crippen molar-refractivity contribution in [2.75, 3.05) is 18.1 Å². The highest BCUT2D eigenvalue weighted by atomic mass is 16.5. The number of rotatable bonds is 6. The van der Waals surface area contributed by atoms with Gasteiger partial charge in [0.15, 0.2) is 0 Å². The fraction of sp³-hybridized carbons (Fsp3) is 0.533. The molecule has 2 atom stereocenters. The van der Waals surface area contributed by atoms with E-state index in [2.05, 4.69) is 0 Å². The van der Waals surface area contributed by atoms with Gasteiger partial charge in [0.1, 0.15) is 6.04 Å². The van der Waals surface area contributed by atoms with Gasteiger partial charge in [0.2, 0.25) is 5.91 Å². The summed E-state index contributed by atoms with van der Waals surface area (Å²) < 4.78 is 5.40. The summed E-state index contributed by atoms with van der Waals surface area (Å²) in [6, 6.07) is 7.42. The molecule has 5 nitrogen and oxygen atoms in total. The average Bonchev–Trinajstić information content (AvgIpc) is 2.76. The number of para-hydroxylation sites is 1. The number of anilines is 1. The highest BCUT2D eigenvalue weighted by molar-refractivity contribution is 5.86. The largest absolute Gasteiger partial charge is 0.389 e. The predicted molar refractivity (Wildman–Crippen MR) is 77.6 cm³/mol. The fourth-order valence-corrected chi connectivity index (χ4v) is 2.51. The molecule has 0 saturated heterocycles. The lowest BCUT2D eigenvalue weighted by Crippen LogP contribution is -2.46. The number of hydrogen-bond acceptors (Lipinski definition) is 4. The maximum absolute atomic E-state index is 11.6. The summed E-state index contributed by atoms with van der Waals surface area (Å²) in [6.07, 6.45) is 0.0244. The Morgan fingerprint density at radius 1 is 1.50 bits per heavy atom. The lowest BCUT2D eigenvalue weighted by atomic mass is 10.1. The van der Waals surface area contributed by atoms with Crippen LogP contribution in [-0.2, 0) is 16.0 Å². The molecule has 2 rings (SSSR count). The molecule has 1 unspecified atom stereocenters. The van der Waals surface area contributed by atoms with Crippen LogP contribution in [0.15, 0.2) is 24.3 Å². The molecule has 5 heteroatoms. The molecule has 0 aromatic heterocycles. The van der Waals surface area contributed by atoms with Gasteiger partial charge in [-0.15, -0.1) is 0 Å². The number of carbonyl (C=O) groups is 1. The monoisotopic (exact) mass is 278 g/mol. The van der Waals surface area contributed by atoms with Crippen LogP contribution in [0, 0.1) is 0 Å².